The normalized spacial score (nSPS) is 15.9. The van der Waals surface area contributed by atoms with Crippen molar-refractivity contribution in [2.75, 3.05) is 47.5 Å². The summed E-state index contributed by atoms with van der Waals surface area (Å²) in [4.78, 5) is 1.55. The lowest BCUT2D eigenvalue weighted by molar-refractivity contribution is -0.917. The number of halogens is 1. The largest absolute Gasteiger partial charge is 0.496 e. The monoisotopic (exact) mass is 441 g/mol. The van der Waals surface area contributed by atoms with Crippen molar-refractivity contribution in [2.24, 2.45) is 0 Å². The van der Waals surface area contributed by atoms with E-state index in [1.165, 1.54) is 9.21 Å². The summed E-state index contributed by atoms with van der Waals surface area (Å²) in [6.07, 6.45) is 0. The fourth-order valence-corrected chi connectivity index (χ4v) is 5.04. The lowest BCUT2D eigenvalue weighted by Gasteiger charge is -2.32. The van der Waals surface area contributed by atoms with Crippen LogP contribution in [0.15, 0.2) is 41.3 Å². The minimum atomic E-state index is -3.51. The zero-order valence-electron chi connectivity index (χ0n) is 16.8. The van der Waals surface area contributed by atoms with E-state index in [9.17, 15) is 8.42 Å². The lowest BCUT2D eigenvalue weighted by atomic mass is 10.1. The molecule has 0 amide bonds. The molecule has 3 rings (SSSR count). The third kappa shape index (κ3) is 4.78. The molecule has 0 aromatic heterocycles. The predicted molar refractivity (Wildman–Crippen MR) is 111 cm³/mol. The maximum atomic E-state index is 12.8. The highest BCUT2D eigenvalue weighted by atomic mass is 35.5. The molecule has 0 atom stereocenters. The van der Waals surface area contributed by atoms with Crippen LogP contribution in [0.2, 0.25) is 5.02 Å². The Morgan fingerprint density at radius 2 is 1.48 bits per heavy atom. The number of sulfonamides is 1. The van der Waals surface area contributed by atoms with Crippen LogP contribution in [0.25, 0.3) is 0 Å². The van der Waals surface area contributed by atoms with Crippen LogP contribution < -0.4 is 19.1 Å². The molecule has 0 saturated carbocycles. The van der Waals surface area contributed by atoms with Crippen LogP contribution in [0, 0.1) is 0 Å². The van der Waals surface area contributed by atoms with Crippen LogP contribution in [-0.4, -0.2) is 60.2 Å². The average molecular weight is 442 g/mol. The molecular weight excluding hydrogens is 416 g/mol. The zero-order chi connectivity index (χ0) is 21.0. The Balaban J connectivity index is 1.69. The highest BCUT2D eigenvalue weighted by Crippen LogP contribution is 2.34. The fraction of sp³-hybridized carbons (Fsp3) is 0.400. The van der Waals surface area contributed by atoms with E-state index in [1.807, 2.05) is 12.1 Å². The second-order valence-electron chi connectivity index (χ2n) is 6.80. The van der Waals surface area contributed by atoms with Gasteiger partial charge in [0.15, 0.2) is 11.5 Å². The molecular formula is C20H26ClN2O5S+. The van der Waals surface area contributed by atoms with Crippen molar-refractivity contribution in [3.05, 3.63) is 47.0 Å². The molecule has 7 nitrogen and oxygen atoms in total. The Morgan fingerprint density at radius 1 is 0.931 bits per heavy atom. The van der Waals surface area contributed by atoms with Gasteiger partial charge in [0.25, 0.3) is 0 Å². The second-order valence-corrected chi connectivity index (χ2v) is 9.18. The van der Waals surface area contributed by atoms with Crippen LogP contribution in [0.5, 0.6) is 17.2 Å². The minimum absolute atomic E-state index is 0.270. The third-order valence-corrected chi connectivity index (χ3v) is 7.27. The summed E-state index contributed by atoms with van der Waals surface area (Å²) >= 11 is 5.87. The highest BCUT2D eigenvalue weighted by Gasteiger charge is 2.31. The van der Waals surface area contributed by atoms with Gasteiger partial charge in [0.1, 0.15) is 12.3 Å². The molecule has 2 aromatic rings. The van der Waals surface area contributed by atoms with Crippen molar-refractivity contribution < 1.29 is 27.5 Å². The SMILES string of the molecule is COc1cc(OC)c(OC)cc1C[NH+]1CCN(S(=O)(=O)c2ccc(Cl)cc2)CC1. The van der Waals surface area contributed by atoms with E-state index in [0.29, 0.717) is 49.2 Å². The summed E-state index contributed by atoms with van der Waals surface area (Å²) in [6.45, 7) is 3.01. The molecule has 1 heterocycles. The Labute approximate surface area is 176 Å². The highest BCUT2D eigenvalue weighted by molar-refractivity contribution is 7.89. The van der Waals surface area contributed by atoms with Crippen LogP contribution >= 0.6 is 11.6 Å². The summed E-state index contributed by atoms with van der Waals surface area (Å²) in [5.74, 6) is 1.99. The van der Waals surface area contributed by atoms with Crippen molar-refractivity contribution in [3.63, 3.8) is 0 Å². The molecule has 0 aliphatic carbocycles. The molecule has 0 radical (unpaired) electrons. The van der Waals surface area contributed by atoms with E-state index in [-0.39, 0.29) is 4.90 Å². The molecule has 29 heavy (non-hydrogen) atoms. The Morgan fingerprint density at radius 3 is 2.03 bits per heavy atom. The number of quaternary nitrogens is 1. The van der Waals surface area contributed by atoms with Crippen LogP contribution in [0.1, 0.15) is 5.56 Å². The van der Waals surface area contributed by atoms with E-state index in [0.717, 1.165) is 11.3 Å². The maximum Gasteiger partial charge on any atom is 0.243 e. The van der Waals surface area contributed by atoms with E-state index < -0.39 is 10.0 Å². The standard InChI is InChI=1S/C20H25ClN2O5S/c1-26-18-13-20(28-3)19(27-2)12-15(18)14-22-8-10-23(11-9-22)29(24,25)17-6-4-16(21)5-7-17/h4-7,12-13H,8-11,14H2,1-3H3/p+1. The van der Waals surface area contributed by atoms with Gasteiger partial charge in [-0.15, -0.1) is 0 Å². The van der Waals surface area contributed by atoms with E-state index >= 15 is 0 Å². The maximum absolute atomic E-state index is 12.8. The Kier molecular flexibility index (Phi) is 6.89. The summed E-state index contributed by atoms with van der Waals surface area (Å²) in [7, 11) is 1.30. The number of benzene rings is 2. The van der Waals surface area contributed by atoms with Gasteiger partial charge in [0, 0.05) is 11.1 Å². The topological polar surface area (TPSA) is 69.5 Å². The van der Waals surface area contributed by atoms with Gasteiger partial charge in [-0.05, 0) is 30.3 Å². The van der Waals surface area contributed by atoms with Gasteiger partial charge in [-0.1, -0.05) is 11.6 Å². The molecule has 0 unspecified atom stereocenters. The molecule has 0 spiro atoms. The number of piperazine rings is 1. The number of hydrogen-bond acceptors (Lipinski definition) is 5. The van der Waals surface area contributed by atoms with Gasteiger partial charge in [-0.2, -0.15) is 4.31 Å². The second kappa shape index (κ2) is 9.21. The molecule has 1 N–H and O–H groups in total. The number of hydrogen-bond donors (Lipinski definition) is 1. The molecule has 9 heteroatoms. The van der Waals surface area contributed by atoms with Crippen molar-refractivity contribution in [3.8, 4) is 17.2 Å². The van der Waals surface area contributed by atoms with Gasteiger partial charge in [0.05, 0.1) is 58.0 Å². The summed E-state index contributed by atoms with van der Waals surface area (Å²) in [5.41, 5.74) is 0.995. The van der Waals surface area contributed by atoms with Crippen molar-refractivity contribution >= 4 is 21.6 Å². The van der Waals surface area contributed by atoms with Crippen molar-refractivity contribution in [2.45, 2.75) is 11.4 Å². The van der Waals surface area contributed by atoms with Crippen LogP contribution in [-0.2, 0) is 16.6 Å². The number of nitrogens with zero attached hydrogens (tertiary/aromatic N) is 1. The van der Waals surface area contributed by atoms with E-state index in [2.05, 4.69) is 0 Å². The number of methoxy groups -OCH3 is 3. The van der Waals surface area contributed by atoms with E-state index in [4.69, 9.17) is 25.8 Å². The molecule has 1 fully saturated rings. The number of rotatable bonds is 7. The Bertz CT molecular complexity index is 942. The Hall–Kier alpha value is -2.00. The smallest absolute Gasteiger partial charge is 0.243 e. The van der Waals surface area contributed by atoms with Crippen LogP contribution in [0.3, 0.4) is 0 Å². The molecule has 1 aliphatic heterocycles. The molecule has 158 valence electrons. The molecule has 1 aliphatic rings. The van der Waals surface area contributed by atoms with Crippen molar-refractivity contribution in [1.29, 1.82) is 0 Å². The van der Waals surface area contributed by atoms with Gasteiger partial charge in [-0.25, -0.2) is 8.42 Å². The van der Waals surface area contributed by atoms with Crippen molar-refractivity contribution in [1.82, 2.24) is 4.31 Å². The summed E-state index contributed by atoms with van der Waals surface area (Å²) in [6, 6.07) is 10.0. The molecule has 1 saturated heterocycles. The lowest BCUT2D eigenvalue weighted by Crippen LogP contribution is -3.13. The van der Waals surface area contributed by atoms with Gasteiger partial charge >= 0.3 is 0 Å². The van der Waals surface area contributed by atoms with Crippen LogP contribution in [0.4, 0.5) is 0 Å². The van der Waals surface area contributed by atoms with E-state index in [1.54, 1.807) is 45.6 Å². The minimum Gasteiger partial charge on any atom is -0.496 e. The first-order valence-electron chi connectivity index (χ1n) is 9.27. The first-order chi connectivity index (χ1) is 13.9. The van der Waals surface area contributed by atoms with Gasteiger partial charge < -0.3 is 19.1 Å². The first kappa shape index (κ1) is 21.7. The third-order valence-electron chi connectivity index (χ3n) is 5.11. The fourth-order valence-electron chi connectivity index (χ4n) is 3.48. The predicted octanol–water partition coefficient (Wildman–Crippen LogP) is 1.46. The average Bonchev–Trinajstić information content (AvgIpc) is 2.74. The number of ether oxygens (including phenoxy) is 3. The molecule has 2 aromatic carbocycles. The number of nitrogens with one attached hydrogen (secondary N) is 1. The van der Waals surface area contributed by atoms with Gasteiger partial charge in [0.2, 0.25) is 10.0 Å². The van der Waals surface area contributed by atoms with Gasteiger partial charge in [-0.3, -0.25) is 0 Å². The zero-order valence-corrected chi connectivity index (χ0v) is 18.3. The first-order valence-corrected chi connectivity index (χ1v) is 11.1. The summed E-state index contributed by atoms with van der Waals surface area (Å²) in [5, 5.41) is 0.516. The molecule has 0 bridgehead atoms. The summed E-state index contributed by atoms with van der Waals surface area (Å²) < 4.78 is 43.5. The quantitative estimate of drug-likeness (QED) is 0.704.